The quantitative estimate of drug-likeness (QED) is 0.270. The zero-order chi connectivity index (χ0) is 25.0. The summed E-state index contributed by atoms with van der Waals surface area (Å²) < 4.78 is 19.2. The van der Waals surface area contributed by atoms with Gasteiger partial charge >= 0.3 is 0 Å². The van der Waals surface area contributed by atoms with Crippen molar-refractivity contribution in [2.45, 2.75) is 17.8 Å². The second-order valence-electron chi connectivity index (χ2n) is 8.41. The minimum atomic E-state index is -0.403. The average molecular weight is 499 g/mol. The van der Waals surface area contributed by atoms with E-state index in [4.69, 9.17) is 4.98 Å². The van der Waals surface area contributed by atoms with Gasteiger partial charge in [0.15, 0.2) is 5.16 Å². The molecule has 10 heteroatoms. The topological polar surface area (TPSA) is 87.1 Å². The summed E-state index contributed by atoms with van der Waals surface area (Å²) in [5.41, 5.74) is 1.68. The molecule has 0 amide bonds. The minimum absolute atomic E-state index is 0.156. The first-order valence-electron chi connectivity index (χ1n) is 11.2. The molecule has 3 aromatic carbocycles. The molecule has 36 heavy (non-hydrogen) atoms. The number of fused-ring (bicyclic) bond motifs is 4. The summed E-state index contributed by atoms with van der Waals surface area (Å²) in [5.74, 6) is 0.909. The summed E-state index contributed by atoms with van der Waals surface area (Å²) in [4.78, 5) is 31.0. The van der Waals surface area contributed by atoms with Gasteiger partial charge in [0.2, 0.25) is 5.78 Å². The molecule has 0 unspecified atom stereocenters. The van der Waals surface area contributed by atoms with Crippen molar-refractivity contribution >= 4 is 39.3 Å². The predicted octanol–water partition coefficient (Wildman–Crippen LogP) is 4.02. The third kappa shape index (κ3) is 3.41. The van der Waals surface area contributed by atoms with Gasteiger partial charge in [0, 0.05) is 7.05 Å². The summed E-state index contributed by atoms with van der Waals surface area (Å²) >= 11 is 1.29. The highest BCUT2D eigenvalue weighted by atomic mass is 32.2. The van der Waals surface area contributed by atoms with Crippen LogP contribution in [-0.4, -0.2) is 28.7 Å². The van der Waals surface area contributed by atoms with Gasteiger partial charge in [-0.1, -0.05) is 42.1 Å². The molecule has 6 rings (SSSR count). The van der Waals surface area contributed by atoms with E-state index in [1.807, 2.05) is 28.7 Å². The lowest BCUT2D eigenvalue weighted by atomic mass is 10.2. The van der Waals surface area contributed by atoms with Gasteiger partial charge in [-0.05, 0) is 48.9 Å². The van der Waals surface area contributed by atoms with Gasteiger partial charge < -0.3 is 0 Å². The van der Waals surface area contributed by atoms with Crippen LogP contribution in [-0.2, 0) is 12.8 Å². The number of nitrogens with zero attached hydrogens (tertiary/aromatic N) is 6. The number of hydrogen-bond acceptors (Lipinski definition) is 6. The van der Waals surface area contributed by atoms with E-state index < -0.39 is 5.82 Å². The van der Waals surface area contributed by atoms with Gasteiger partial charge in [-0.15, -0.1) is 10.2 Å². The number of halogens is 1. The summed E-state index contributed by atoms with van der Waals surface area (Å²) in [7, 11) is 1.66. The highest BCUT2D eigenvalue weighted by molar-refractivity contribution is 7.98. The van der Waals surface area contributed by atoms with Crippen molar-refractivity contribution in [1.82, 2.24) is 28.7 Å². The molecule has 0 saturated carbocycles. The number of thioether (sulfide) groups is 1. The number of para-hydroxylation sites is 2. The summed E-state index contributed by atoms with van der Waals surface area (Å²) in [6.45, 7) is 1.67. The van der Waals surface area contributed by atoms with Gasteiger partial charge in [0.25, 0.3) is 11.1 Å². The van der Waals surface area contributed by atoms with E-state index in [1.165, 1.54) is 27.0 Å². The number of rotatable bonds is 4. The normalized spacial score (nSPS) is 11.6. The van der Waals surface area contributed by atoms with E-state index in [2.05, 4.69) is 10.2 Å². The molecule has 3 heterocycles. The van der Waals surface area contributed by atoms with Gasteiger partial charge in [0.1, 0.15) is 11.6 Å². The predicted molar refractivity (Wildman–Crippen MR) is 137 cm³/mol. The van der Waals surface area contributed by atoms with Crippen LogP contribution in [0.1, 0.15) is 11.4 Å². The second-order valence-corrected chi connectivity index (χ2v) is 9.35. The van der Waals surface area contributed by atoms with Crippen LogP contribution in [0.15, 0.2) is 81.5 Å². The first-order chi connectivity index (χ1) is 17.4. The fourth-order valence-electron chi connectivity index (χ4n) is 4.27. The van der Waals surface area contributed by atoms with Crippen LogP contribution in [0.3, 0.4) is 0 Å². The number of hydrogen-bond donors (Lipinski definition) is 0. The Balaban J connectivity index is 1.52. The fourth-order valence-corrected chi connectivity index (χ4v) is 5.20. The Morgan fingerprint density at radius 1 is 0.917 bits per heavy atom. The highest BCUT2D eigenvalue weighted by Crippen LogP contribution is 2.26. The Kier molecular flexibility index (Phi) is 5.18. The maximum absolute atomic E-state index is 14.5. The number of benzene rings is 3. The molecule has 0 aliphatic heterocycles. The van der Waals surface area contributed by atoms with Crippen molar-refractivity contribution in [2.24, 2.45) is 7.05 Å². The molecular formula is C26H19FN6O2S. The monoisotopic (exact) mass is 498 g/mol. The molecule has 0 spiro atoms. The molecule has 178 valence electrons. The van der Waals surface area contributed by atoms with E-state index >= 15 is 0 Å². The molecule has 0 bridgehead atoms. The van der Waals surface area contributed by atoms with Gasteiger partial charge in [-0.2, -0.15) is 0 Å². The molecule has 0 aliphatic rings. The van der Waals surface area contributed by atoms with E-state index in [1.54, 1.807) is 50.4 Å². The molecule has 8 nitrogen and oxygen atoms in total. The Bertz CT molecular complexity index is 1940. The molecule has 0 fully saturated rings. The van der Waals surface area contributed by atoms with Gasteiger partial charge in [-0.3, -0.25) is 23.1 Å². The van der Waals surface area contributed by atoms with Crippen LogP contribution in [0.2, 0.25) is 0 Å². The van der Waals surface area contributed by atoms with E-state index in [0.29, 0.717) is 55.6 Å². The highest BCUT2D eigenvalue weighted by Gasteiger charge is 2.18. The van der Waals surface area contributed by atoms with E-state index in [0.717, 1.165) is 0 Å². The molecule has 0 aliphatic carbocycles. The lowest BCUT2D eigenvalue weighted by Gasteiger charge is -2.14. The molecule has 0 radical (unpaired) electrons. The maximum atomic E-state index is 14.5. The van der Waals surface area contributed by atoms with E-state index in [-0.39, 0.29) is 11.1 Å². The zero-order valence-corrected chi connectivity index (χ0v) is 20.2. The molecule has 0 N–H and O–H groups in total. The van der Waals surface area contributed by atoms with Crippen molar-refractivity contribution < 1.29 is 4.39 Å². The standard InChI is InChI=1S/C26H19FN6O2S/c1-15-11-12-16(13-19(15)27)32-24(35)17-7-3-5-9-20(17)28-26(32)36-14-22-29-30-25-31(2)23(34)18-8-4-6-10-21(18)33(22)25/h3-13H,14H2,1-2H3. The average Bonchev–Trinajstić information content (AvgIpc) is 3.32. The molecule has 0 atom stereocenters. The van der Waals surface area contributed by atoms with Crippen molar-refractivity contribution in [3.05, 3.63) is 105 Å². The van der Waals surface area contributed by atoms with Gasteiger partial charge in [0.05, 0.1) is 33.2 Å². The summed E-state index contributed by atoms with van der Waals surface area (Å²) in [6, 6.07) is 19.0. The van der Waals surface area contributed by atoms with Crippen molar-refractivity contribution in [1.29, 1.82) is 0 Å². The second kappa shape index (κ2) is 8.42. The first-order valence-corrected chi connectivity index (χ1v) is 12.2. The first kappa shape index (κ1) is 22.2. The smallest absolute Gasteiger partial charge is 0.266 e. The van der Waals surface area contributed by atoms with Gasteiger partial charge in [-0.25, -0.2) is 9.37 Å². The van der Waals surface area contributed by atoms with Crippen molar-refractivity contribution in [3.8, 4) is 5.69 Å². The number of aromatic nitrogens is 6. The third-order valence-corrected chi connectivity index (χ3v) is 7.12. The fraction of sp³-hybridized carbons (Fsp3) is 0.115. The molecule has 3 aromatic heterocycles. The lowest BCUT2D eigenvalue weighted by molar-refractivity contribution is 0.615. The Hall–Kier alpha value is -4.31. The Morgan fingerprint density at radius 2 is 1.67 bits per heavy atom. The third-order valence-electron chi connectivity index (χ3n) is 6.18. The largest absolute Gasteiger partial charge is 0.279 e. The molecular weight excluding hydrogens is 479 g/mol. The minimum Gasteiger partial charge on any atom is -0.279 e. The van der Waals surface area contributed by atoms with Crippen molar-refractivity contribution in [2.75, 3.05) is 0 Å². The van der Waals surface area contributed by atoms with Crippen molar-refractivity contribution in [3.63, 3.8) is 0 Å². The van der Waals surface area contributed by atoms with Crippen LogP contribution in [0, 0.1) is 12.7 Å². The molecule has 6 aromatic rings. The maximum Gasteiger partial charge on any atom is 0.266 e. The SMILES string of the molecule is Cc1ccc(-n2c(SCc3nnc4n(C)c(=O)c5ccccc5n34)nc3ccccc3c2=O)cc1F. The summed E-state index contributed by atoms with van der Waals surface area (Å²) in [6.07, 6.45) is 0. The van der Waals surface area contributed by atoms with E-state index in [9.17, 15) is 14.0 Å². The molecule has 0 saturated heterocycles. The Morgan fingerprint density at radius 3 is 2.47 bits per heavy atom. The van der Waals surface area contributed by atoms with Crippen LogP contribution in [0.25, 0.3) is 33.3 Å². The zero-order valence-electron chi connectivity index (χ0n) is 19.3. The summed E-state index contributed by atoms with van der Waals surface area (Å²) in [5, 5.41) is 9.96. The van der Waals surface area contributed by atoms with Crippen LogP contribution < -0.4 is 11.1 Å². The van der Waals surface area contributed by atoms with Crippen LogP contribution in [0.5, 0.6) is 0 Å². The lowest BCUT2D eigenvalue weighted by Crippen LogP contribution is -2.22. The van der Waals surface area contributed by atoms with Crippen LogP contribution in [0.4, 0.5) is 4.39 Å². The van der Waals surface area contributed by atoms with Crippen LogP contribution >= 0.6 is 11.8 Å². The number of aryl methyl sites for hydroxylation is 2. The Labute approximate surface area is 207 Å².